The van der Waals surface area contributed by atoms with Crippen LogP contribution in [0.2, 0.25) is 0 Å². The lowest BCUT2D eigenvalue weighted by Gasteiger charge is -2.33. The number of aromatic nitrogens is 4. The van der Waals surface area contributed by atoms with E-state index in [4.69, 9.17) is 4.98 Å². The standard InChI is InChI=1S/C20H25N5OS/c1-13(2)18-21-16-10-5-4-9-15(16)19-22-23-20(25(18)19)27-12-17(26)24-11-7-6-8-14(24)3/h4-5,9-10,13-14H,6-8,11-12H2,1-3H3/t14-/m1/s1. The zero-order valence-corrected chi connectivity index (χ0v) is 16.9. The van der Waals surface area contributed by atoms with Gasteiger partial charge in [-0.25, -0.2) is 4.98 Å². The topological polar surface area (TPSA) is 63.4 Å². The van der Waals surface area contributed by atoms with Crippen molar-refractivity contribution < 1.29 is 4.79 Å². The van der Waals surface area contributed by atoms with Gasteiger partial charge in [-0.15, -0.1) is 10.2 Å². The Morgan fingerprint density at radius 3 is 2.85 bits per heavy atom. The van der Waals surface area contributed by atoms with Crippen molar-refractivity contribution in [2.75, 3.05) is 12.3 Å². The highest BCUT2D eigenvalue weighted by atomic mass is 32.2. The van der Waals surface area contributed by atoms with E-state index in [1.165, 1.54) is 18.2 Å². The van der Waals surface area contributed by atoms with Crippen LogP contribution in [0.3, 0.4) is 0 Å². The molecule has 4 rings (SSSR count). The molecule has 1 amide bonds. The number of nitrogens with zero attached hydrogens (tertiary/aromatic N) is 5. The van der Waals surface area contributed by atoms with Crippen LogP contribution in [0.4, 0.5) is 0 Å². The van der Waals surface area contributed by atoms with Crippen molar-refractivity contribution in [3.63, 3.8) is 0 Å². The van der Waals surface area contributed by atoms with E-state index in [9.17, 15) is 4.79 Å². The Labute approximate surface area is 163 Å². The van der Waals surface area contributed by atoms with Crippen LogP contribution in [-0.4, -0.2) is 48.7 Å². The van der Waals surface area contributed by atoms with Gasteiger partial charge < -0.3 is 4.90 Å². The summed E-state index contributed by atoms with van der Waals surface area (Å²) in [5, 5.41) is 10.5. The summed E-state index contributed by atoms with van der Waals surface area (Å²) in [6, 6.07) is 8.33. The molecule has 1 aromatic carbocycles. The maximum Gasteiger partial charge on any atom is 0.233 e. The Balaban J connectivity index is 1.66. The molecule has 1 atom stereocenters. The molecular weight excluding hydrogens is 358 g/mol. The summed E-state index contributed by atoms with van der Waals surface area (Å²) in [6.45, 7) is 7.24. The van der Waals surface area contributed by atoms with E-state index < -0.39 is 0 Å². The largest absolute Gasteiger partial charge is 0.339 e. The number of likely N-dealkylation sites (tertiary alicyclic amines) is 1. The Morgan fingerprint density at radius 2 is 2.07 bits per heavy atom. The summed E-state index contributed by atoms with van der Waals surface area (Å²) >= 11 is 1.46. The molecule has 0 saturated carbocycles. The van der Waals surface area contributed by atoms with Crippen LogP contribution in [0.25, 0.3) is 16.6 Å². The van der Waals surface area contributed by atoms with Gasteiger partial charge in [-0.3, -0.25) is 9.20 Å². The van der Waals surface area contributed by atoms with Crippen molar-refractivity contribution in [3.8, 4) is 0 Å². The predicted molar refractivity (Wildman–Crippen MR) is 108 cm³/mol. The molecule has 1 aliphatic heterocycles. The third-order valence-electron chi connectivity index (χ3n) is 5.21. The summed E-state index contributed by atoms with van der Waals surface area (Å²) < 4.78 is 2.02. The van der Waals surface area contributed by atoms with E-state index in [1.807, 2.05) is 33.6 Å². The van der Waals surface area contributed by atoms with Gasteiger partial charge >= 0.3 is 0 Å². The van der Waals surface area contributed by atoms with E-state index in [0.29, 0.717) is 11.8 Å². The highest BCUT2D eigenvalue weighted by Crippen LogP contribution is 2.27. The first kappa shape index (κ1) is 18.2. The van der Waals surface area contributed by atoms with E-state index >= 15 is 0 Å². The van der Waals surface area contributed by atoms with Gasteiger partial charge in [0.25, 0.3) is 0 Å². The second-order valence-corrected chi connectivity index (χ2v) is 8.45. The van der Waals surface area contributed by atoms with Gasteiger partial charge in [0.05, 0.1) is 11.3 Å². The lowest BCUT2D eigenvalue weighted by atomic mass is 10.0. The molecule has 7 heteroatoms. The number of para-hydroxylation sites is 1. The number of piperidine rings is 1. The molecule has 27 heavy (non-hydrogen) atoms. The Hall–Kier alpha value is -2.15. The monoisotopic (exact) mass is 383 g/mol. The van der Waals surface area contributed by atoms with Gasteiger partial charge in [0.15, 0.2) is 10.8 Å². The minimum Gasteiger partial charge on any atom is -0.339 e. The summed E-state index contributed by atoms with van der Waals surface area (Å²) in [5.41, 5.74) is 1.74. The Bertz CT molecular complexity index is 983. The number of amides is 1. The van der Waals surface area contributed by atoms with Gasteiger partial charge in [-0.05, 0) is 38.3 Å². The maximum atomic E-state index is 12.7. The molecule has 1 aliphatic rings. The van der Waals surface area contributed by atoms with Crippen LogP contribution >= 0.6 is 11.8 Å². The van der Waals surface area contributed by atoms with Crippen LogP contribution in [0, 0.1) is 0 Å². The number of fused-ring (bicyclic) bond motifs is 3. The van der Waals surface area contributed by atoms with Crippen molar-refractivity contribution in [1.29, 1.82) is 0 Å². The van der Waals surface area contributed by atoms with Crippen molar-refractivity contribution in [3.05, 3.63) is 30.1 Å². The number of thioether (sulfide) groups is 1. The first-order valence-electron chi connectivity index (χ1n) is 9.62. The van der Waals surface area contributed by atoms with Crippen molar-refractivity contribution >= 4 is 34.2 Å². The Kier molecular flexibility index (Phi) is 5.04. The summed E-state index contributed by atoms with van der Waals surface area (Å²) in [7, 11) is 0. The zero-order chi connectivity index (χ0) is 19.0. The molecule has 1 fully saturated rings. The lowest BCUT2D eigenvalue weighted by molar-refractivity contribution is -0.131. The molecule has 0 radical (unpaired) electrons. The minimum atomic E-state index is 0.184. The molecule has 1 saturated heterocycles. The molecular formula is C20H25N5OS. The fourth-order valence-corrected chi connectivity index (χ4v) is 4.57. The molecule has 0 unspecified atom stereocenters. The van der Waals surface area contributed by atoms with Crippen molar-refractivity contribution in [2.24, 2.45) is 0 Å². The number of hydrogen-bond donors (Lipinski definition) is 0. The fourth-order valence-electron chi connectivity index (χ4n) is 3.74. The maximum absolute atomic E-state index is 12.7. The number of carbonyl (C=O) groups is 1. The van der Waals surface area contributed by atoms with Gasteiger partial charge in [0, 0.05) is 23.9 Å². The van der Waals surface area contributed by atoms with Gasteiger partial charge in [-0.1, -0.05) is 37.7 Å². The first-order valence-corrected chi connectivity index (χ1v) is 10.6. The average molecular weight is 384 g/mol. The molecule has 0 spiro atoms. The molecule has 2 aromatic heterocycles. The number of rotatable bonds is 4. The molecule has 0 N–H and O–H groups in total. The van der Waals surface area contributed by atoms with Crippen molar-refractivity contribution in [1.82, 2.24) is 24.5 Å². The zero-order valence-electron chi connectivity index (χ0n) is 16.1. The van der Waals surface area contributed by atoms with Crippen LogP contribution in [0.15, 0.2) is 29.4 Å². The summed E-state index contributed by atoms with van der Waals surface area (Å²) in [6.07, 6.45) is 3.41. The number of benzene rings is 1. The molecule has 3 aromatic rings. The summed E-state index contributed by atoms with van der Waals surface area (Å²) in [5.74, 6) is 1.72. The van der Waals surface area contributed by atoms with Gasteiger partial charge in [0.1, 0.15) is 5.82 Å². The normalized spacial score (nSPS) is 17.9. The SMILES string of the molecule is CC(C)c1nc2ccccc2c2nnc(SCC(=O)N3CCCC[C@H]3C)n12. The smallest absolute Gasteiger partial charge is 0.233 e. The van der Waals surface area contributed by atoms with E-state index in [-0.39, 0.29) is 11.8 Å². The number of hydrogen-bond acceptors (Lipinski definition) is 5. The van der Waals surface area contributed by atoms with Crippen LogP contribution in [0.5, 0.6) is 0 Å². The van der Waals surface area contributed by atoms with E-state index in [2.05, 4.69) is 31.0 Å². The third-order valence-corrected chi connectivity index (χ3v) is 6.12. The highest BCUT2D eigenvalue weighted by Gasteiger charge is 2.24. The highest BCUT2D eigenvalue weighted by molar-refractivity contribution is 7.99. The van der Waals surface area contributed by atoms with Gasteiger partial charge in [0.2, 0.25) is 5.91 Å². The molecule has 0 aliphatic carbocycles. The first-order chi connectivity index (χ1) is 13.1. The average Bonchev–Trinajstić information content (AvgIpc) is 3.10. The quantitative estimate of drug-likeness (QED) is 0.640. The van der Waals surface area contributed by atoms with Crippen LogP contribution in [-0.2, 0) is 4.79 Å². The van der Waals surface area contributed by atoms with Crippen molar-refractivity contribution in [2.45, 2.75) is 57.1 Å². The molecule has 0 bridgehead atoms. The summed E-state index contributed by atoms with van der Waals surface area (Å²) in [4.78, 5) is 19.6. The van der Waals surface area contributed by atoms with E-state index in [0.717, 1.165) is 46.9 Å². The molecule has 6 nitrogen and oxygen atoms in total. The fraction of sp³-hybridized carbons (Fsp3) is 0.500. The lowest BCUT2D eigenvalue weighted by Crippen LogP contribution is -2.42. The third kappa shape index (κ3) is 3.40. The Morgan fingerprint density at radius 1 is 1.26 bits per heavy atom. The van der Waals surface area contributed by atoms with Crippen LogP contribution in [0.1, 0.15) is 51.8 Å². The van der Waals surface area contributed by atoms with Crippen LogP contribution < -0.4 is 0 Å². The molecule has 142 valence electrons. The second kappa shape index (κ2) is 7.46. The second-order valence-electron chi connectivity index (χ2n) is 7.50. The van der Waals surface area contributed by atoms with Gasteiger partial charge in [-0.2, -0.15) is 0 Å². The minimum absolute atomic E-state index is 0.184. The molecule has 3 heterocycles. The predicted octanol–water partition coefficient (Wildman–Crippen LogP) is 3.89. The number of carbonyl (C=O) groups excluding carboxylic acids is 1. The van der Waals surface area contributed by atoms with E-state index in [1.54, 1.807) is 0 Å².